The standard InChI is InChI=1S/C20H21F2NO4/c1-19(2,3)27-18(26)23-20(12-17(24)25,13-4-8-15(21)9-5-13)14-6-10-16(22)11-7-14/h4-11H,12H2,1-3H3,(H,23,26)(H,24,25). The summed E-state index contributed by atoms with van der Waals surface area (Å²) in [4.78, 5) is 24.1. The van der Waals surface area contributed by atoms with E-state index in [9.17, 15) is 23.5 Å². The Morgan fingerprint density at radius 1 is 0.926 bits per heavy atom. The van der Waals surface area contributed by atoms with Gasteiger partial charge in [-0.15, -0.1) is 0 Å². The first-order chi connectivity index (χ1) is 12.5. The number of halogens is 2. The lowest BCUT2D eigenvalue weighted by atomic mass is 9.80. The van der Waals surface area contributed by atoms with Crippen molar-refractivity contribution >= 4 is 12.1 Å². The molecule has 0 unspecified atom stereocenters. The van der Waals surface area contributed by atoms with Gasteiger partial charge in [-0.3, -0.25) is 4.79 Å². The number of carbonyl (C=O) groups is 2. The van der Waals surface area contributed by atoms with Gasteiger partial charge < -0.3 is 15.2 Å². The van der Waals surface area contributed by atoms with E-state index in [4.69, 9.17) is 4.74 Å². The average Bonchev–Trinajstić information content (AvgIpc) is 2.53. The van der Waals surface area contributed by atoms with Crippen LogP contribution >= 0.6 is 0 Å². The van der Waals surface area contributed by atoms with Crippen molar-refractivity contribution in [3.8, 4) is 0 Å². The number of carboxylic acids is 1. The molecule has 27 heavy (non-hydrogen) atoms. The molecule has 0 aromatic heterocycles. The van der Waals surface area contributed by atoms with Gasteiger partial charge in [0.1, 0.15) is 22.8 Å². The molecule has 0 bridgehead atoms. The van der Waals surface area contributed by atoms with Gasteiger partial charge in [0, 0.05) is 0 Å². The summed E-state index contributed by atoms with van der Waals surface area (Å²) in [7, 11) is 0. The van der Waals surface area contributed by atoms with Gasteiger partial charge in [-0.2, -0.15) is 0 Å². The van der Waals surface area contributed by atoms with Crippen molar-refractivity contribution in [2.45, 2.75) is 38.3 Å². The molecule has 0 saturated carbocycles. The molecule has 0 saturated heterocycles. The first kappa shape index (κ1) is 20.4. The zero-order valence-corrected chi connectivity index (χ0v) is 15.3. The molecule has 0 heterocycles. The van der Waals surface area contributed by atoms with Crippen molar-refractivity contribution in [1.82, 2.24) is 5.32 Å². The second-order valence-corrected chi connectivity index (χ2v) is 7.12. The third kappa shape index (κ3) is 5.26. The van der Waals surface area contributed by atoms with Crippen LogP contribution < -0.4 is 5.32 Å². The van der Waals surface area contributed by atoms with Crippen molar-refractivity contribution in [2.24, 2.45) is 0 Å². The molecule has 2 N–H and O–H groups in total. The highest BCUT2D eigenvalue weighted by atomic mass is 19.1. The van der Waals surface area contributed by atoms with Crippen molar-refractivity contribution in [2.75, 3.05) is 0 Å². The molecule has 0 aliphatic heterocycles. The number of amides is 1. The first-order valence-corrected chi connectivity index (χ1v) is 8.27. The molecule has 5 nitrogen and oxygen atoms in total. The number of aliphatic carboxylic acids is 1. The quantitative estimate of drug-likeness (QED) is 0.819. The van der Waals surface area contributed by atoms with Crippen LogP contribution in [0.25, 0.3) is 0 Å². The van der Waals surface area contributed by atoms with E-state index in [1.54, 1.807) is 20.8 Å². The zero-order chi connectivity index (χ0) is 20.2. The zero-order valence-electron chi connectivity index (χ0n) is 15.3. The number of alkyl carbamates (subject to hydrolysis) is 1. The third-order valence-corrected chi connectivity index (χ3v) is 3.80. The summed E-state index contributed by atoms with van der Waals surface area (Å²) in [6.07, 6.45) is -1.40. The summed E-state index contributed by atoms with van der Waals surface area (Å²) in [6, 6.07) is 10.1. The van der Waals surface area contributed by atoms with E-state index in [-0.39, 0.29) is 0 Å². The van der Waals surface area contributed by atoms with Gasteiger partial charge in [0.15, 0.2) is 0 Å². The van der Waals surface area contributed by atoms with Gasteiger partial charge in [-0.05, 0) is 56.2 Å². The Labute approximate surface area is 156 Å². The Bertz CT molecular complexity index is 766. The largest absolute Gasteiger partial charge is 0.481 e. The predicted octanol–water partition coefficient (Wildman–Crippen LogP) is 4.21. The Morgan fingerprint density at radius 3 is 1.67 bits per heavy atom. The van der Waals surface area contributed by atoms with Crippen molar-refractivity contribution in [3.05, 3.63) is 71.3 Å². The van der Waals surface area contributed by atoms with Crippen LogP contribution in [0.2, 0.25) is 0 Å². The monoisotopic (exact) mass is 377 g/mol. The Morgan fingerprint density at radius 2 is 1.33 bits per heavy atom. The Balaban J connectivity index is 2.61. The highest BCUT2D eigenvalue weighted by Crippen LogP contribution is 2.34. The van der Waals surface area contributed by atoms with E-state index < -0.39 is 41.3 Å². The molecule has 2 aromatic rings. The maximum absolute atomic E-state index is 13.4. The van der Waals surface area contributed by atoms with Crippen LogP contribution in [0, 0.1) is 11.6 Å². The SMILES string of the molecule is CC(C)(C)OC(=O)NC(CC(=O)O)(c1ccc(F)cc1)c1ccc(F)cc1. The average molecular weight is 377 g/mol. The molecule has 1 amide bonds. The molecular formula is C20H21F2NO4. The molecule has 2 rings (SSSR count). The lowest BCUT2D eigenvalue weighted by Gasteiger charge is -2.35. The normalized spacial score (nSPS) is 11.7. The van der Waals surface area contributed by atoms with E-state index >= 15 is 0 Å². The second-order valence-electron chi connectivity index (χ2n) is 7.12. The Hall–Kier alpha value is -2.96. The molecule has 2 aromatic carbocycles. The van der Waals surface area contributed by atoms with Gasteiger partial charge in [0.05, 0.1) is 6.42 Å². The second kappa shape index (κ2) is 7.73. The lowest BCUT2D eigenvalue weighted by molar-refractivity contribution is -0.138. The number of hydrogen-bond acceptors (Lipinski definition) is 3. The number of carboxylic acid groups (broad SMARTS) is 1. The molecule has 0 aliphatic rings. The van der Waals surface area contributed by atoms with Crippen molar-refractivity contribution in [1.29, 1.82) is 0 Å². The molecule has 144 valence electrons. The van der Waals surface area contributed by atoms with E-state index in [0.717, 1.165) is 24.3 Å². The fourth-order valence-corrected chi connectivity index (χ4v) is 2.73. The lowest BCUT2D eigenvalue weighted by Crippen LogP contribution is -2.49. The maximum Gasteiger partial charge on any atom is 0.408 e. The van der Waals surface area contributed by atoms with Crippen LogP contribution in [-0.4, -0.2) is 22.8 Å². The smallest absolute Gasteiger partial charge is 0.408 e. The van der Waals surface area contributed by atoms with Crippen LogP contribution in [0.3, 0.4) is 0 Å². The molecule has 0 aliphatic carbocycles. The van der Waals surface area contributed by atoms with Gasteiger partial charge in [0.2, 0.25) is 0 Å². The van der Waals surface area contributed by atoms with Crippen LogP contribution in [0.4, 0.5) is 13.6 Å². The van der Waals surface area contributed by atoms with E-state index in [0.29, 0.717) is 11.1 Å². The minimum absolute atomic E-state index is 0.323. The summed E-state index contributed by atoms with van der Waals surface area (Å²) in [5, 5.41) is 12.1. The van der Waals surface area contributed by atoms with Gasteiger partial charge in [-0.1, -0.05) is 24.3 Å². The minimum atomic E-state index is -1.57. The summed E-state index contributed by atoms with van der Waals surface area (Å²) in [5.41, 5.74) is -1.74. The molecule has 7 heteroatoms. The maximum atomic E-state index is 13.4. The first-order valence-electron chi connectivity index (χ1n) is 8.27. The minimum Gasteiger partial charge on any atom is -0.481 e. The molecule has 0 radical (unpaired) electrons. The highest BCUT2D eigenvalue weighted by Gasteiger charge is 2.39. The van der Waals surface area contributed by atoms with Gasteiger partial charge >= 0.3 is 12.1 Å². The van der Waals surface area contributed by atoms with E-state index in [2.05, 4.69) is 5.32 Å². The highest BCUT2D eigenvalue weighted by molar-refractivity contribution is 5.75. The number of nitrogens with one attached hydrogen (secondary N) is 1. The van der Waals surface area contributed by atoms with Gasteiger partial charge in [-0.25, -0.2) is 13.6 Å². The van der Waals surface area contributed by atoms with Crippen molar-refractivity contribution in [3.63, 3.8) is 0 Å². The van der Waals surface area contributed by atoms with Crippen LogP contribution in [0.1, 0.15) is 38.3 Å². The molecular weight excluding hydrogens is 356 g/mol. The molecule has 0 atom stereocenters. The number of benzene rings is 2. The van der Waals surface area contributed by atoms with Gasteiger partial charge in [0.25, 0.3) is 0 Å². The fourth-order valence-electron chi connectivity index (χ4n) is 2.73. The van der Waals surface area contributed by atoms with Crippen LogP contribution in [0.5, 0.6) is 0 Å². The van der Waals surface area contributed by atoms with Crippen LogP contribution in [0.15, 0.2) is 48.5 Å². The number of ether oxygens (including phenoxy) is 1. The van der Waals surface area contributed by atoms with Crippen molar-refractivity contribution < 1.29 is 28.2 Å². The van der Waals surface area contributed by atoms with E-state index in [1.807, 2.05) is 0 Å². The summed E-state index contributed by atoms with van der Waals surface area (Å²) in [6.45, 7) is 5.00. The Kier molecular flexibility index (Phi) is 5.83. The fraction of sp³-hybridized carbons (Fsp3) is 0.300. The predicted molar refractivity (Wildman–Crippen MR) is 95.2 cm³/mol. The topological polar surface area (TPSA) is 75.6 Å². The van der Waals surface area contributed by atoms with E-state index in [1.165, 1.54) is 24.3 Å². The number of hydrogen-bond donors (Lipinski definition) is 2. The number of carbonyl (C=O) groups excluding carboxylic acids is 1. The third-order valence-electron chi connectivity index (χ3n) is 3.80. The van der Waals surface area contributed by atoms with Crippen LogP contribution in [-0.2, 0) is 15.1 Å². The summed E-state index contributed by atoms with van der Waals surface area (Å²) >= 11 is 0. The molecule has 0 spiro atoms. The molecule has 0 fully saturated rings. The summed E-state index contributed by atoms with van der Waals surface area (Å²) in [5.74, 6) is -2.24. The summed E-state index contributed by atoms with van der Waals surface area (Å²) < 4.78 is 32.1. The number of rotatable bonds is 5.